The molecule has 0 bridgehead atoms. The maximum absolute atomic E-state index is 12.0. The van der Waals surface area contributed by atoms with Gasteiger partial charge in [0.05, 0.1) is 6.42 Å². The average molecular weight is 338 g/mol. The van der Waals surface area contributed by atoms with Gasteiger partial charge in [0.15, 0.2) is 0 Å². The number of halogens is 3. The van der Waals surface area contributed by atoms with Crippen LogP contribution in [-0.2, 0) is 11.2 Å². The van der Waals surface area contributed by atoms with Gasteiger partial charge in [0.1, 0.15) is 6.17 Å². The Labute approximate surface area is 135 Å². The van der Waals surface area contributed by atoms with Gasteiger partial charge >= 0.3 is 0 Å². The van der Waals surface area contributed by atoms with E-state index in [0.717, 1.165) is 5.56 Å². The fourth-order valence-corrected chi connectivity index (χ4v) is 1.95. The third kappa shape index (κ3) is 6.80. The van der Waals surface area contributed by atoms with Crippen LogP contribution < -0.4 is 10.6 Å². The molecule has 1 rings (SSSR count). The van der Waals surface area contributed by atoms with E-state index in [2.05, 4.69) is 10.6 Å². The first-order valence-electron chi connectivity index (χ1n) is 6.25. The first kappa shape index (κ1) is 17.6. The first-order chi connectivity index (χ1) is 9.08. The lowest BCUT2D eigenvalue weighted by Crippen LogP contribution is -2.59. The predicted octanol–water partition coefficient (Wildman–Crippen LogP) is 3.43. The fraction of sp³-hybridized carbons (Fsp3) is 0.500. The number of nitrogens with one attached hydrogen (secondary N) is 2. The van der Waals surface area contributed by atoms with Gasteiger partial charge < -0.3 is 5.32 Å². The molecule has 20 heavy (non-hydrogen) atoms. The topological polar surface area (TPSA) is 41.1 Å². The normalized spacial score (nSPS) is 13.9. The summed E-state index contributed by atoms with van der Waals surface area (Å²) in [5.74, 6) is -0.204. The summed E-state index contributed by atoms with van der Waals surface area (Å²) in [7, 11) is 0. The number of rotatable bonds is 4. The SMILES string of the molecule is CC(C)(C)N[C@@H](NC(=O)Cc1ccccc1)C(Cl)(Cl)Cl. The second kappa shape index (κ2) is 6.99. The van der Waals surface area contributed by atoms with Crippen molar-refractivity contribution in [3.63, 3.8) is 0 Å². The average Bonchev–Trinajstić information content (AvgIpc) is 2.26. The third-order valence-electron chi connectivity index (χ3n) is 2.42. The van der Waals surface area contributed by atoms with E-state index in [4.69, 9.17) is 34.8 Å². The van der Waals surface area contributed by atoms with Crippen molar-refractivity contribution >= 4 is 40.7 Å². The van der Waals surface area contributed by atoms with Crippen LogP contribution in [0.2, 0.25) is 0 Å². The molecule has 1 amide bonds. The lowest BCUT2D eigenvalue weighted by molar-refractivity contribution is -0.121. The Bertz CT molecular complexity index is 438. The van der Waals surface area contributed by atoms with Crippen LogP contribution >= 0.6 is 34.8 Å². The molecule has 0 unspecified atom stereocenters. The lowest BCUT2D eigenvalue weighted by Gasteiger charge is -2.33. The molecule has 0 fully saturated rings. The number of amides is 1. The maximum atomic E-state index is 12.0. The molecule has 0 saturated heterocycles. The predicted molar refractivity (Wildman–Crippen MR) is 85.3 cm³/mol. The second-order valence-corrected chi connectivity index (χ2v) is 7.97. The van der Waals surface area contributed by atoms with Crippen molar-refractivity contribution in [3.05, 3.63) is 35.9 Å². The minimum Gasteiger partial charge on any atom is -0.336 e. The minimum absolute atomic E-state index is 0.204. The molecule has 1 aromatic rings. The molecule has 3 nitrogen and oxygen atoms in total. The zero-order valence-electron chi connectivity index (χ0n) is 11.7. The molecule has 0 radical (unpaired) electrons. The van der Waals surface area contributed by atoms with E-state index in [0.29, 0.717) is 0 Å². The zero-order chi connectivity index (χ0) is 15.4. The van der Waals surface area contributed by atoms with Crippen molar-refractivity contribution in [3.8, 4) is 0 Å². The zero-order valence-corrected chi connectivity index (χ0v) is 14.0. The number of carbonyl (C=O) groups excluding carboxylic acids is 1. The van der Waals surface area contributed by atoms with Gasteiger partial charge in [-0.2, -0.15) is 0 Å². The Morgan fingerprint density at radius 1 is 1.15 bits per heavy atom. The molecule has 6 heteroatoms. The van der Waals surface area contributed by atoms with Crippen LogP contribution in [0, 0.1) is 0 Å². The minimum atomic E-state index is -1.63. The molecule has 1 aromatic carbocycles. The van der Waals surface area contributed by atoms with Crippen molar-refractivity contribution in [1.82, 2.24) is 10.6 Å². The highest BCUT2D eigenvalue weighted by Crippen LogP contribution is 2.30. The molecular formula is C14H19Cl3N2O. The van der Waals surface area contributed by atoms with Gasteiger partial charge in [-0.15, -0.1) is 0 Å². The summed E-state index contributed by atoms with van der Waals surface area (Å²) in [6, 6.07) is 9.40. The quantitative estimate of drug-likeness (QED) is 0.653. The van der Waals surface area contributed by atoms with Crippen molar-refractivity contribution in [2.45, 2.75) is 42.7 Å². The molecule has 2 N–H and O–H groups in total. The number of hydrogen-bond donors (Lipinski definition) is 2. The van der Waals surface area contributed by atoms with Crippen LogP contribution in [0.25, 0.3) is 0 Å². The van der Waals surface area contributed by atoms with E-state index < -0.39 is 9.96 Å². The first-order valence-corrected chi connectivity index (χ1v) is 7.39. The van der Waals surface area contributed by atoms with Gasteiger partial charge in [0, 0.05) is 5.54 Å². The van der Waals surface area contributed by atoms with Gasteiger partial charge in [0.2, 0.25) is 9.70 Å². The molecule has 0 aliphatic rings. The largest absolute Gasteiger partial charge is 0.336 e. The van der Waals surface area contributed by atoms with Crippen LogP contribution in [0.5, 0.6) is 0 Å². The molecule has 0 aliphatic carbocycles. The van der Waals surface area contributed by atoms with Crippen molar-refractivity contribution in [2.24, 2.45) is 0 Å². The van der Waals surface area contributed by atoms with Crippen LogP contribution in [0.15, 0.2) is 30.3 Å². The van der Waals surface area contributed by atoms with Gasteiger partial charge in [-0.3, -0.25) is 10.1 Å². The Hall–Kier alpha value is -0.480. The maximum Gasteiger partial charge on any atom is 0.225 e. The number of hydrogen-bond acceptors (Lipinski definition) is 2. The van der Waals surface area contributed by atoms with Gasteiger partial charge in [-0.05, 0) is 26.3 Å². The van der Waals surface area contributed by atoms with Crippen LogP contribution in [0.3, 0.4) is 0 Å². The monoisotopic (exact) mass is 336 g/mol. The van der Waals surface area contributed by atoms with Crippen molar-refractivity contribution in [2.75, 3.05) is 0 Å². The molecule has 112 valence electrons. The fourth-order valence-electron chi connectivity index (χ4n) is 1.63. The van der Waals surface area contributed by atoms with E-state index in [1.807, 2.05) is 51.1 Å². The number of alkyl halides is 3. The van der Waals surface area contributed by atoms with E-state index in [-0.39, 0.29) is 17.9 Å². The number of carbonyl (C=O) groups is 1. The Morgan fingerprint density at radius 3 is 2.15 bits per heavy atom. The standard InChI is InChI=1S/C14H19Cl3N2O/c1-13(2,3)19-12(14(15,16)17)18-11(20)9-10-7-5-4-6-8-10/h4-8,12,19H,9H2,1-3H3,(H,18,20)/t12-/m1/s1. The summed E-state index contributed by atoms with van der Waals surface area (Å²) in [5.41, 5.74) is 0.609. The molecular weight excluding hydrogens is 319 g/mol. The van der Waals surface area contributed by atoms with Gasteiger partial charge in [-0.1, -0.05) is 65.1 Å². The van der Waals surface area contributed by atoms with E-state index in [1.165, 1.54) is 0 Å². The molecule has 0 aliphatic heterocycles. The van der Waals surface area contributed by atoms with E-state index in [1.54, 1.807) is 0 Å². The third-order valence-corrected chi connectivity index (χ3v) is 3.07. The lowest BCUT2D eigenvalue weighted by atomic mass is 10.1. The Balaban J connectivity index is 2.68. The van der Waals surface area contributed by atoms with Crippen LogP contribution in [0.4, 0.5) is 0 Å². The van der Waals surface area contributed by atoms with Crippen LogP contribution in [0.1, 0.15) is 26.3 Å². The molecule has 0 heterocycles. The Kier molecular flexibility index (Phi) is 6.14. The highest BCUT2D eigenvalue weighted by molar-refractivity contribution is 6.68. The van der Waals surface area contributed by atoms with Gasteiger partial charge in [-0.25, -0.2) is 0 Å². The molecule has 0 saturated carbocycles. The van der Waals surface area contributed by atoms with Gasteiger partial charge in [0.25, 0.3) is 0 Å². The summed E-state index contributed by atoms with van der Waals surface area (Å²) in [6.45, 7) is 5.79. The number of benzene rings is 1. The molecule has 0 spiro atoms. The highest BCUT2D eigenvalue weighted by atomic mass is 35.6. The Morgan fingerprint density at radius 2 is 1.70 bits per heavy atom. The smallest absolute Gasteiger partial charge is 0.225 e. The summed E-state index contributed by atoms with van der Waals surface area (Å²) in [5, 5.41) is 5.80. The summed E-state index contributed by atoms with van der Waals surface area (Å²) < 4.78 is -1.63. The molecule has 1 atom stereocenters. The summed E-state index contributed by atoms with van der Waals surface area (Å²) >= 11 is 17.7. The van der Waals surface area contributed by atoms with Crippen molar-refractivity contribution < 1.29 is 4.79 Å². The van der Waals surface area contributed by atoms with E-state index >= 15 is 0 Å². The summed E-state index contributed by atoms with van der Waals surface area (Å²) in [6.07, 6.45) is -0.520. The summed E-state index contributed by atoms with van der Waals surface area (Å²) in [4.78, 5) is 12.0. The van der Waals surface area contributed by atoms with E-state index in [9.17, 15) is 4.79 Å². The highest BCUT2D eigenvalue weighted by Gasteiger charge is 2.36. The van der Waals surface area contributed by atoms with Crippen LogP contribution in [-0.4, -0.2) is 21.4 Å². The molecule has 0 aromatic heterocycles. The van der Waals surface area contributed by atoms with Crippen molar-refractivity contribution in [1.29, 1.82) is 0 Å². The second-order valence-electron chi connectivity index (χ2n) is 5.60.